The number of halogens is 5. The zero-order chi connectivity index (χ0) is 28.4. The first-order chi connectivity index (χ1) is 18.9. The van der Waals surface area contributed by atoms with E-state index in [9.17, 15) is 31.9 Å². The molecule has 40 heavy (non-hydrogen) atoms. The molecule has 1 N–H and O–H groups in total. The zero-order valence-corrected chi connectivity index (χ0v) is 22.5. The Bertz CT molecular complexity index is 1440. The van der Waals surface area contributed by atoms with Crippen LogP contribution < -0.4 is 10.2 Å². The van der Waals surface area contributed by atoms with Crippen LogP contribution in [0.3, 0.4) is 0 Å². The highest BCUT2D eigenvalue weighted by molar-refractivity contribution is 9.10. The number of nitrogens with zero attached hydrogens (tertiary/aromatic N) is 3. The number of dihydropyridines is 1. The third-order valence-corrected chi connectivity index (χ3v) is 8.18. The highest BCUT2D eigenvalue weighted by atomic mass is 79.9. The number of alkyl halides is 4. The summed E-state index contributed by atoms with van der Waals surface area (Å²) in [5.74, 6) is -1.92. The summed E-state index contributed by atoms with van der Waals surface area (Å²) in [6.45, 7) is 2.04. The molecule has 4 heterocycles. The van der Waals surface area contributed by atoms with Crippen molar-refractivity contribution in [1.29, 1.82) is 0 Å². The van der Waals surface area contributed by atoms with Crippen LogP contribution in [0.25, 0.3) is 0 Å². The van der Waals surface area contributed by atoms with Gasteiger partial charge in [-0.1, -0.05) is 28.1 Å². The molecule has 2 atom stereocenters. The Labute approximate surface area is 234 Å². The minimum Gasteiger partial charge on any atom is -0.380 e. The van der Waals surface area contributed by atoms with Crippen LogP contribution in [-0.2, 0) is 20.5 Å². The van der Waals surface area contributed by atoms with Crippen molar-refractivity contribution in [2.75, 3.05) is 44.3 Å². The van der Waals surface area contributed by atoms with E-state index in [0.29, 0.717) is 32.7 Å². The molecule has 8 nitrogen and oxygen atoms in total. The van der Waals surface area contributed by atoms with Crippen LogP contribution in [0.5, 0.6) is 0 Å². The van der Waals surface area contributed by atoms with Gasteiger partial charge in [0.15, 0.2) is 6.17 Å². The molecule has 1 aromatic carbocycles. The Morgan fingerprint density at radius 2 is 1.95 bits per heavy atom. The largest absolute Gasteiger partial charge is 0.418 e. The first kappa shape index (κ1) is 26.9. The van der Waals surface area contributed by atoms with Crippen LogP contribution in [0.15, 0.2) is 57.0 Å². The molecule has 1 aromatic rings. The van der Waals surface area contributed by atoms with Gasteiger partial charge in [0, 0.05) is 48.3 Å². The second kappa shape index (κ2) is 9.65. The number of amides is 3. The van der Waals surface area contributed by atoms with Crippen LogP contribution >= 0.6 is 15.9 Å². The molecule has 3 fully saturated rings. The highest BCUT2D eigenvalue weighted by Gasteiger charge is 2.51. The van der Waals surface area contributed by atoms with Gasteiger partial charge < -0.3 is 19.9 Å². The Kier molecular flexibility index (Phi) is 6.49. The quantitative estimate of drug-likeness (QED) is 0.520. The van der Waals surface area contributed by atoms with Crippen molar-refractivity contribution in [3.8, 4) is 0 Å². The number of aliphatic imine (C=N–C) groups is 1. The van der Waals surface area contributed by atoms with E-state index in [1.54, 1.807) is 0 Å². The lowest BCUT2D eigenvalue weighted by atomic mass is 9.77. The number of carbonyl (C=O) groups is 3. The van der Waals surface area contributed by atoms with Gasteiger partial charge in [-0.3, -0.25) is 14.4 Å². The lowest BCUT2D eigenvalue weighted by Crippen LogP contribution is -2.67. The lowest BCUT2D eigenvalue weighted by Gasteiger charge is -2.55. The summed E-state index contributed by atoms with van der Waals surface area (Å²) in [6.07, 6.45) is -0.933. The molecule has 4 aliphatic heterocycles. The summed E-state index contributed by atoms with van der Waals surface area (Å²) in [4.78, 5) is 45.3. The number of anilines is 1. The number of ether oxygens (including phenoxy) is 1. The molecule has 3 saturated heterocycles. The molecule has 1 aliphatic carbocycles. The molecule has 6 rings (SSSR count). The van der Waals surface area contributed by atoms with E-state index in [0.717, 1.165) is 12.1 Å². The van der Waals surface area contributed by atoms with Crippen LogP contribution in [0.2, 0.25) is 0 Å². The number of likely N-dealkylation sites (tertiary alicyclic amines) is 1. The standard InChI is InChI=1S/C27H23BrF4N4O4/c28-14-6-18(25(39)36-10-26(11-36)12-40-13-26)23(19(7-14)27(30,31)32)35-5-4-15(9-35)33-24(38)17-8-21(37)34-22-16(17)2-1-3-20(22)29/h1-3,6-8,15,20H,4-5,9-13H2,(H,33,38)/t15-,20?/m1/s1. The predicted molar refractivity (Wildman–Crippen MR) is 140 cm³/mol. The van der Waals surface area contributed by atoms with Crippen molar-refractivity contribution in [3.63, 3.8) is 0 Å². The van der Waals surface area contributed by atoms with E-state index < -0.39 is 41.7 Å². The molecule has 210 valence electrons. The van der Waals surface area contributed by atoms with E-state index in [1.807, 2.05) is 0 Å². The Balaban J connectivity index is 1.24. The van der Waals surface area contributed by atoms with E-state index in [2.05, 4.69) is 26.2 Å². The number of hydrogen-bond donors (Lipinski definition) is 1. The van der Waals surface area contributed by atoms with Gasteiger partial charge in [0.1, 0.15) is 0 Å². The van der Waals surface area contributed by atoms with Crippen molar-refractivity contribution in [2.24, 2.45) is 10.4 Å². The van der Waals surface area contributed by atoms with Crippen LogP contribution in [0, 0.1) is 5.41 Å². The predicted octanol–water partition coefficient (Wildman–Crippen LogP) is 3.38. The average Bonchev–Trinajstić information content (AvgIpc) is 3.29. The monoisotopic (exact) mass is 622 g/mol. The summed E-state index contributed by atoms with van der Waals surface area (Å²) >= 11 is 3.13. The summed E-state index contributed by atoms with van der Waals surface area (Å²) in [6, 6.07) is 1.76. The maximum absolute atomic E-state index is 14.3. The highest BCUT2D eigenvalue weighted by Crippen LogP contribution is 2.44. The van der Waals surface area contributed by atoms with Gasteiger partial charge in [-0.15, -0.1) is 0 Å². The van der Waals surface area contributed by atoms with Crippen molar-refractivity contribution in [1.82, 2.24) is 10.2 Å². The number of fused-ring (bicyclic) bond motifs is 1. The lowest BCUT2D eigenvalue weighted by molar-refractivity contribution is -0.176. The fourth-order valence-electron chi connectivity index (χ4n) is 5.78. The fourth-order valence-corrected chi connectivity index (χ4v) is 6.24. The third kappa shape index (κ3) is 4.68. The first-order valence-electron chi connectivity index (χ1n) is 12.7. The molecule has 0 radical (unpaired) electrons. The molecular weight excluding hydrogens is 600 g/mol. The van der Waals surface area contributed by atoms with Crippen LogP contribution in [-0.4, -0.2) is 79.9 Å². The summed E-state index contributed by atoms with van der Waals surface area (Å²) in [7, 11) is 0. The molecule has 1 unspecified atom stereocenters. The SMILES string of the molecule is O=C1C=C(C(=O)N[C@@H]2CCN(c3c(C(=O)N4CC5(COC5)C4)cc(Br)cc3C(F)(F)F)C2)C2=CC=CC(F)C2=N1. The third-order valence-electron chi connectivity index (χ3n) is 7.72. The van der Waals surface area contributed by atoms with Crippen LogP contribution in [0.1, 0.15) is 22.3 Å². The van der Waals surface area contributed by atoms with Gasteiger partial charge in [0.05, 0.1) is 46.7 Å². The second-order valence-electron chi connectivity index (χ2n) is 10.7. The molecule has 0 bridgehead atoms. The Morgan fingerprint density at radius 1 is 1.20 bits per heavy atom. The normalized spacial score (nSPS) is 25.0. The van der Waals surface area contributed by atoms with E-state index in [-0.39, 0.29) is 51.1 Å². The number of hydrogen-bond acceptors (Lipinski definition) is 5. The van der Waals surface area contributed by atoms with Crippen molar-refractivity contribution in [3.05, 3.63) is 63.2 Å². The maximum atomic E-state index is 14.3. The van der Waals surface area contributed by atoms with Gasteiger partial charge >= 0.3 is 6.18 Å². The van der Waals surface area contributed by atoms with Crippen molar-refractivity contribution < 1.29 is 36.7 Å². The first-order valence-corrected chi connectivity index (χ1v) is 13.4. The minimum atomic E-state index is -4.74. The number of benzene rings is 1. The number of allylic oxidation sites excluding steroid dienone is 3. The molecule has 1 spiro atoms. The smallest absolute Gasteiger partial charge is 0.380 e. The van der Waals surface area contributed by atoms with E-state index in [4.69, 9.17) is 4.74 Å². The van der Waals surface area contributed by atoms with Gasteiger partial charge in [-0.2, -0.15) is 13.2 Å². The number of carbonyl (C=O) groups excluding carboxylic acids is 3. The molecular formula is C27H23BrF4N4O4. The van der Waals surface area contributed by atoms with Gasteiger partial charge in [0.2, 0.25) is 0 Å². The number of rotatable bonds is 4. The molecule has 5 aliphatic rings. The topological polar surface area (TPSA) is 91.3 Å². The Hall–Kier alpha value is -3.32. The molecule has 13 heteroatoms. The van der Waals surface area contributed by atoms with Gasteiger partial charge in [-0.05, 0) is 24.6 Å². The summed E-state index contributed by atoms with van der Waals surface area (Å²) in [5, 5.41) is 2.76. The zero-order valence-electron chi connectivity index (χ0n) is 20.9. The average molecular weight is 623 g/mol. The molecule has 0 saturated carbocycles. The molecule has 3 amide bonds. The number of nitrogens with one attached hydrogen (secondary N) is 1. The molecule has 0 aromatic heterocycles. The summed E-state index contributed by atoms with van der Waals surface area (Å²) in [5.41, 5.74) is -1.38. The minimum absolute atomic E-state index is 0.00136. The van der Waals surface area contributed by atoms with Crippen LogP contribution in [0.4, 0.5) is 23.2 Å². The summed E-state index contributed by atoms with van der Waals surface area (Å²) < 4.78 is 62.4. The van der Waals surface area contributed by atoms with Crippen molar-refractivity contribution in [2.45, 2.75) is 24.8 Å². The second-order valence-corrected chi connectivity index (χ2v) is 11.6. The maximum Gasteiger partial charge on any atom is 0.418 e. The van der Waals surface area contributed by atoms with Crippen molar-refractivity contribution >= 4 is 45.1 Å². The van der Waals surface area contributed by atoms with Gasteiger partial charge in [0.25, 0.3) is 17.7 Å². The fraction of sp³-hybridized carbons (Fsp3) is 0.407. The Morgan fingerprint density at radius 3 is 2.62 bits per heavy atom. The van der Waals surface area contributed by atoms with E-state index >= 15 is 0 Å². The van der Waals surface area contributed by atoms with Gasteiger partial charge in [-0.25, -0.2) is 9.38 Å². The van der Waals surface area contributed by atoms with E-state index in [1.165, 1.54) is 34.1 Å².